The van der Waals surface area contributed by atoms with Crippen molar-refractivity contribution < 1.29 is 14.3 Å². The quantitative estimate of drug-likeness (QED) is 0.810. The molecule has 2 N–H and O–H groups in total. The van der Waals surface area contributed by atoms with Gasteiger partial charge in [0.2, 0.25) is 0 Å². The van der Waals surface area contributed by atoms with Crippen molar-refractivity contribution in [3.63, 3.8) is 0 Å². The number of unbranched alkanes of at least 4 members (excludes halogenated alkanes) is 1. The molecule has 0 amide bonds. The molecule has 0 bridgehead atoms. The number of aliphatic carboxylic acids is 1. The van der Waals surface area contributed by atoms with Crippen LogP contribution in [-0.2, 0) is 11.3 Å². The maximum absolute atomic E-state index is 10.9. The zero-order valence-electron chi connectivity index (χ0n) is 9.20. The van der Waals surface area contributed by atoms with Crippen molar-refractivity contribution in [2.75, 3.05) is 0 Å². The Bertz CT molecular complexity index is 338. The van der Waals surface area contributed by atoms with Crippen LogP contribution >= 0.6 is 15.9 Å². The first kappa shape index (κ1) is 13.3. The van der Waals surface area contributed by atoms with Crippen molar-refractivity contribution in [2.45, 2.75) is 38.8 Å². The Morgan fingerprint density at radius 3 is 2.88 bits per heavy atom. The Morgan fingerprint density at radius 1 is 1.62 bits per heavy atom. The number of carboxylic acids is 1. The summed E-state index contributed by atoms with van der Waals surface area (Å²) in [6.45, 7) is 2.48. The molecular formula is C11H16BrNO3. The molecule has 90 valence electrons. The topological polar surface area (TPSA) is 62.5 Å². The summed E-state index contributed by atoms with van der Waals surface area (Å²) >= 11 is 3.20. The molecule has 0 aromatic carbocycles. The molecule has 1 rings (SSSR count). The van der Waals surface area contributed by atoms with Gasteiger partial charge in [0.05, 0.1) is 6.54 Å². The van der Waals surface area contributed by atoms with Crippen LogP contribution < -0.4 is 5.32 Å². The van der Waals surface area contributed by atoms with Gasteiger partial charge in [-0.25, -0.2) is 0 Å². The van der Waals surface area contributed by atoms with E-state index in [4.69, 9.17) is 9.52 Å². The lowest BCUT2D eigenvalue weighted by molar-refractivity contribution is -0.139. The maximum Gasteiger partial charge on any atom is 0.320 e. The van der Waals surface area contributed by atoms with Gasteiger partial charge in [-0.3, -0.25) is 10.1 Å². The molecule has 1 aromatic heterocycles. The van der Waals surface area contributed by atoms with E-state index in [2.05, 4.69) is 21.2 Å². The van der Waals surface area contributed by atoms with E-state index >= 15 is 0 Å². The summed E-state index contributed by atoms with van der Waals surface area (Å²) in [7, 11) is 0. The van der Waals surface area contributed by atoms with Crippen LogP contribution in [0.5, 0.6) is 0 Å². The van der Waals surface area contributed by atoms with Crippen LogP contribution in [0.4, 0.5) is 0 Å². The highest BCUT2D eigenvalue weighted by atomic mass is 79.9. The summed E-state index contributed by atoms with van der Waals surface area (Å²) in [6.07, 6.45) is 2.55. The summed E-state index contributed by atoms with van der Waals surface area (Å²) in [5.74, 6) is -0.0753. The first-order chi connectivity index (χ1) is 7.63. The number of halogens is 1. The Balaban J connectivity index is 2.40. The number of carbonyl (C=O) groups is 1. The van der Waals surface area contributed by atoms with Crippen molar-refractivity contribution in [1.29, 1.82) is 0 Å². The molecule has 0 spiro atoms. The molecule has 1 heterocycles. The molecule has 5 heteroatoms. The van der Waals surface area contributed by atoms with E-state index in [9.17, 15) is 4.79 Å². The molecule has 0 aliphatic rings. The van der Waals surface area contributed by atoms with Gasteiger partial charge in [-0.15, -0.1) is 0 Å². The third kappa shape index (κ3) is 4.37. The standard InChI is InChI=1S/C11H16BrNO3/c1-2-3-4-9(11(14)15)13-7-8-5-6-10(12)16-8/h5-6,9,13H,2-4,7H2,1H3,(H,14,15). The van der Waals surface area contributed by atoms with E-state index in [1.165, 1.54) is 0 Å². The van der Waals surface area contributed by atoms with Gasteiger partial charge >= 0.3 is 5.97 Å². The van der Waals surface area contributed by atoms with Crippen LogP contribution in [0.25, 0.3) is 0 Å². The van der Waals surface area contributed by atoms with Gasteiger partial charge in [0.15, 0.2) is 4.67 Å². The zero-order chi connectivity index (χ0) is 12.0. The molecule has 16 heavy (non-hydrogen) atoms. The smallest absolute Gasteiger partial charge is 0.320 e. The predicted octanol–water partition coefficient (Wildman–Crippen LogP) is 2.78. The average molecular weight is 290 g/mol. The lowest BCUT2D eigenvalue weighted by atomic mass is 10.1. The molecule has 1 atom stereocenters. The minimum Gasteiger partial charge on any atom is -0.480 e. The van der Waals surface area contributed by atoms with Gasteiger partial charge < -0.3 is 9.52 Å². The number of rotatable bonds is 7. The van der Waals surface area contributed by atoms with Crippen LogP contribution in [0.2, 0.25) is 0 Å². The lowest BCUT2D eigenvalue weighted by Gasteiger charge is -2.12. The zero-order valence-corrected chi connectivity index (χ0v) is 10.8. The normalized spacial score (nSPS) is 12.6. The third-order valence-corrected chi connectivity index (χ3v) is 2.72. The Morgan fingerprint density at radius 2 is 2.38 bits per heavy atom. The van der Waals surface area contributed by atoms with E-state index in [0.29, 0.717) is 17.6 Å². The van der Waals surface area contributed by atoms with Crippen LogP contribution in [0.1, 0.15) is 31.9 Å². The number of furan rings is 1. The van der Waals surface area contributed by atoms with E-state index in [-0.39, 0.29) is 0 Å². The Kier molecular flexibility index (Phi) is 5.55. The fraction of sp³-hybridized carbons (Fsp3) is 0.545. The van der Waals surface area contributed by atoms with E-state index in [0.717, 1.165) is 18.6 Å². The Labute approximate surface area is 103 Å². The van der Waals surface area contributed by atoms with Gasteiger partial charge in [-0.2, -0.15) is 0 Å². The van der Waals surface area contributed by atoms with Gasteiger partial charge in [0.1, 0.15) is 11.8 Å². The van der Waals surface area contributed by atoms with Crippen LogP contribution in [0.3, 0.4) is 0 Å². The number of nitrogens with one attached hydrogen (secondary N) is 1. The predicted molar refractivity (Wildman–Crippen MR) is 64.2 cm³/mol. The fourth-order valence-corrected chi connectivity index (χ4v) is 1.73. The second-order valence-electron chi connectivity index (χ2n) is 3.62. The SMILES string of the molecule is CCCCC(NCc1ccc(Br)o1)C(=O)O. The van der Waals surface area contributed by atoms with Gasteiger partial charge in [0, 0.05) is 0 Å². The van der Waals surface area contributed by atoms with Crippen molar-refractivity contribution in [1.82, 2.24) is 5.32 Å². The first-order valence-electron chi connectivity index (χ1n) is 5.34. The molecule has 4 nitrogen and oxygen atoms in total. The number of hydrogen-bond acceptors (Lipinski definition) is 3. The summed E-state index contributed by atoms with van der Waals surface area (Å²) in [5.41, 5.74) is 0. The minimum absolute atomic E-state index is 0.437. The van der Waals surface area contributed by atoms with Crippen molar-refractivity contribution >= 4 is 21.9 Å². The molecular weight excluding hydrogens is 274 g/mol. The minimum atomic E-state index is -0.806. The molecule has 0 saturated heterocycles. The van der Waals surface area contributed by atoms with Crippen LogP contribution in [0, 0.1) is 0 Å². The highest BCUT2D eigenvalue weighted by molar-refractivity contribution is 9.10. The largest absolute Gasteiger partial charge is 0.480 e. The van der Waals surface area contributed by atoms with Crippen molar-refractivity contribution in [3.05, 3.63) is 22.6 Å². The second-order valence-corrected chi connectivity index (χ2v) is 4.40. The van der Waals surface area contributed by atoms with Crippen molar-refractivity contribution in [3.8, 4) is 0 Å². The fourth-order valence-electron chi connectivity index (χ4n) is 1.39. The van der Waals surface area contributed by atoms with Crippen LogP contribution in [-0.4, -0.2) is 17.1 Å². The van der Waals surface area contributed by atoms with Gasteiger partial charge in [-0.1, -0.05) is 19.8 Å². The maximum atomic E-state index is 10.9. The average Bonchev–Trinajstić information content (AvgIpc) is 2.64. The summed E-state index contributed by atoms with van der Waals surface area (Å²) < 4.78 is 5.94. The number of hydrogen-bond donors (Lipinski definition) is 2. The molecule has 1 aromatic rings. The van der Waals surface area contributed by atoms with Crippen molar-refractivity contribution in [2.24, 2.45) is 0 Å². The first-order valence-corrected chi connectivity index (χ1v) is 6.13. The summed E-state index contributed by atoms with van der Waals surface area (Å²) in [4.78, 5) is 10.9. The van der Waals surface area contributed by atoms with E-state index < -0.39 is 12.0 Å². The molecule has 1 unspecified atom stereocenters. The van der Waals surface area contributed by atoms with Gasteiger partial charge in [0.25, 0.3) is 0 Å². The lowest BCUT2D eigenvalue weighted by Crippen LogP contribution is -2.36. The summed E-state index contributed by atoms with van der Waals surface area (Å²) in [6, 6.07) is 3.11. The van der Waals surface area contributed by atoms with Gasteiger partial charge in [-0.05, 0) is 34.5 Å². The molecule has 0 saturated carbocycles. The molecule has 0 aliphatic carbocycles. The Hall–Kier alpha value is -0.810. The molecule has 0 aliphatic heterocycles. The monoisotopic (exact) mass is 289 g/mol. The van der Waals surface area contributed by atoms with E-state index in [1.807, 2.05) is 13.0 Å². The molecule has 0 fully saturated rings. The highest BCUT2D eigenvalue weighted by Crippen LogP contribution is 2.14. The highest BCUT2D eigenvalue weighted by Gasteiger charge is 2.16. The second kappa shape index (κ2) is 6.70. The summed E-state index contributed by atoms with van der Waals surface area (Å²) in [5, 5.41) is 12.0. The molecule has 0 radical (unpaired) electrons. The third-order valence-electron chi connectivity index (χ3n) is 2.30. The van der Waals surface area contributed by atoms with Crippen LogP contribution in [0.15, 0.2) is 21.2 Å². The number of carboxylic acid groups (broad SMARTS) is 1. The van der Waals surface area contributed by atoms with E-state index in [1.54, 1.807) is 6.07 Å².